The molecule has 4 aromatic rings. The van der Waals surface area contributed by atoms with Crippen molar-refractivity contribution in [3.05, 3.63) is 105 Å². The first-order chi connectivity index (χ1) is 19.6. The Labute approximate surface area is 235 Å². The van der Waals surface area contributed by atoms with Crippen LogP contribution in [0, 0.1) is 5.41 Å². The first-order valence-electron chi connectivity index (χ1n) is 12.5. The average molecular weight is 559 g/mol. The summed E-state index contributed by atoms with van der Waals surface area (Å²) in [7, 11) is 4.75. The number of aromatic amines is 1. The Balaban J connectivity index is 1.77. The van der Waals surface area contributed by atoms with Crippen LogP contribution in [0.5, 0.6) is 11.5 Å². The Morgan fingerprint density at radius 1 is 1.10 bits per heavy atom. The number of carbonyl (C=O) groups excluding carboxylic acids is 1. The number of amidine groups is 1. The summed E-state index contributed by atoms with van der Waals surface area (Å²) < 4.78 is 12.3. The van der Waals surface area contributed by atoms with E-state index in [-0.39, 0.29) is 29.6 Å². The van der Waals surface area contributed by atoms with E-state index in [0.717, 1.165) is 15.8 Å². The maximum Gasteiger partial charge on any atom is 0.348 e. The second kappa shape index (κ2) is 12.2. The SMILES string of the molecule is COc1cc(C(Cc2ccc(C(=N)N)cc2)c2nn(-c3ccccc3C(=O)O)c(=O)[nH]2)ccc1OCC(=O)N(C)C. The number of methoxy groups -OCH3 is 1. The summed E-state index contributed by atoms with van der Waals surface area (Å²) in [4.78, 5) is 41.1. The summed E-state index contributed by atoms with van der Waals surface area (Å²) in [5.74, 6) is -0.921. The lowest BCUT2D eigenvalue weighted by Crippen LogP contribution is -2.27. The van der Waals surface area contributed by atoms with Gasteiger partial charge in [0.25, 0.3) is 5.91 Å². The third-order valence-electron chi connectivity index (χ3n) is 6.47. The second-order valence-corrected chi connectivity index (χ2v) is 9.40. The fourth-order valence-corrected chi connectivity index (χ4v) is 4.22. The van der Waals surface area contributed by atoms with Crippen LogP contribution in [0.25, 0.3) is 5.69 Å². The van der Waals surface area contributed by atoms with E-state index < -0.39 is 17.6 Å². The smallest absolute Gasteiger partial charge is 0.348 e. The number of nitrogen functional groups attached to an aromatic ring is 1. The van der Waals surface area contributed by atoms with Gasteiger partial charge in [0.05, 0.1) is 18.4 Å². The van der Waals surface area contributed by atoms with E-state index in [1.54, 1.807) is 56.6 Å². The lowest BCUT2D eigenvalue weighted by Gasteiger charge is -2.18. The normalized spacial score (nSPS) is 11.5. The molecule has 41 heavy (non-hydrogen) atoms. The maximum atomic E-state index is 13.0. The molecular formula is C29H30N6O6. The van der Waals surface area contributed by atoms with Gasteiger partial charge in [-0.2, -0.15) is 4.68 Å². The number of nitrogens with two attached hydrogens (primary N) is 1. The molecule has 0 aliphatic carbocycles. The molecule has 1 amide bonds. The predicted molar refractivity (Wildman–Crippen MR) is 151 cm³/mol. The molecule has 4 rings (SSSR count). The van der Waals surface area contributed by atoms with Crippen molar-refractivity contribution in [3.8, 4) is 17.2 Å². The molecular weight excluding hydrogens is 528 g/mol. The van der Waals surface area contributed by atoms with Crippen LogP contribution in [0.1, 0.15) is 38.8 Å². The van der Waals surface area contributed by atoms with Gasteiger partial charge in [-0.05, 0) is 41.8 Å². The largest absolute Gasteiger partial charge is 0.493 e. The van der Waals surface area contributed by atoms with Crippen molar-refractivity contribution in [1.82, 2.24) is 19.7 Å². The number of H-pyrrole nitrogens is 1. The van der Waals surface area contributed by atoms with Crippen molar-refractivity contribution in [2.75, 3.05) is 27.8 Å². The third kappa shape index (κ3) is 6.44. The predicted octanol–water partition coefficient (Wildman–Crippen LogP) is 2.39. The van der Waals surface area contributed by atoms with Crippen molar-refractivity contribution in [3.63, 3.8) is 0 Å². The third-order valence-corrected chi connectivity index (χ3v) is 6.47. The van der Waals surface area contributed by atoms with Gasteiger partial charge < -0.3 is 25.2 Å². The lowest BCUT2D eigenvalue weighted by molar-refractivity contribution is -0.130. The van der Waals surface area contributed by atoms with Crippen LogP contribution in [-0.4, -0.2) is 70.3 Å². The molecule has 0 saturated carbocycles. The number of carboxylic acid groups (broad SMARTS) is 1. The maximum absolute atomic E-state index is 13.0. The Hall–Kier alpha value is -5.39. The molecule has 0 aliphatic rings. The molecule has 0 spiro atoms. The van der Waals surface area contributed by atoms with Crippen molar-refractivity contribution < 1.29 is 24.2 Å². The van der Waals surface area contributed by atoms with E-state index in [4.69, 9.17) is 20.6 Å². The molecule has 212 valence electrons. The second-order valence-electron chi connectivity index (χ2n) is 9.40. The molecule has 1 heterocycles. The first-order valence-corrected chi connectivity index (χ1v) is 12.5. The zero-order valence-corrected chi connectivity index (χ0v) is 22.7. The van der Waals surface area contributed by atoms with Crippen LogP contribution in [0.15, 0.2) is 71.5 Å². The first kappa shape index (κ1) is 28.6. The number of nitrogens with zero attached hydrogens (tertiary/aromatic N) is 3. The number of hydrogen-bond donors (Lipinski definition) is 4. The zero-order valence-electron chi connectivity index (χ0n) is 22.7. The minimum absolute atomic E-state index is 0.0543. The molecule has 1 unspecified atom stereocenters. The van der Waals surface area contributed by atoms with Gasteiger partial charge in [0.15, 0.2) is 18.1 Å². The van der Waals surface area contributed by atoms with Gasteiger partial charge in [0.1, 0.15) is 11.7 Å². The number of aromatic nitrogens is 3. The van der Waals surface area contributed by atoms with Gasteiger partial charge in [-0.15, -0.1) is 5.10 Å². The summed E-state index contributed by atoms with van der Waals surface area (Å²) in [5, 5.41) is 21.8. The fourth-order valence-electron chi connectivity index (χ4n) is 4.22. The number of aromatic carboxylic acids is 1. The molecule has 0 saturated heterocycles. The fraction of sp³-hybridized carbons (Fsp3) is 0.207. The summed E-state index contributed by atoms with van der Waals surface area (Å²) in [6, 6.07) is 18.4. The molecule has 3 aromatic carbocycles. The minimum Gasteiger partial charge on any atom is -0.493 e. The monoisotopic (exact) mass is 558 g/mol. The zero-order chi connectivity index (χ0) is 29.7. The Bertz CT molecular complexity index is 1640. The van der Waals surface area contributed by atoms with Crippen molar-refractivity contribution in [1.29, 1.82) is 5.41 Å². The number of carbonyl (C=O) groups is 2. The minimum atomic E-state index is -1.19. The highest BCUT2D eigenvalue weighted by molar-refractivity contribution is 5.94. The molecule has 0 fully saturated rings. The van der Waals surface area contributed by atoms with E-state index >= 15 is 0 Å². The lowest BCUT2D eigenvalue weighted by atomic mass is 9.90. The number of likely N-dealkylation sites (N-methyl/N-ethyl adjacent to an activating group) is 1. The Kier molecular flexibility index (Phi) is 8.51. The molecule has 0 radical (unpaired) electrons. The van der Waals surface area contributed by atoms with Crippen LogP contribution in [0.4, 0.5) is 0 Å². The number of benzene rings is 3. The van der Waals surface area contributed by atoms with Gasteiger partial charge in [-0.25, -0.2) is 9.59 Å². The van der Waals surface area contributed by atoms with Crippen LogP contribution < -0.4 is 20.9 Å². The van der Waals surface area contributed by atoms with Gasteiger partial charge in [0, 0.05) is 25.6 Å². The van der Waals surface area contributed by atoms with E-state index in [1.807, 2.05) is 12.1 Å². The Morgan fingerprint density at radius 3 is 2.44 bits per heavy atom. The molecule has 0 bridgehead atoms. The van der Waals surface area contributed by atoms with Crippen molar-refractivity contribution in [2.24, 2.45) is 5.73 Å². The number of para-hydroxylation sites is 1. The molecule has 12 heteroatoms. The highest BCUT2D eigenvalue weighted by atomic mass is 16.5. The van der Waals surface area contributed by atoms with Crippen LogP contribution in [0.2, 0.25) is 0 Å². The number of ether oxygens (including phenoxy) is 2. The molecule has 5 N–H and O–H groups in total. The van der Waals surface area contributed by atoms with Crippen molar-refractivity contribution in [2.45, 2.75) is 12.3 Å². The van der Waals surface area contributed by atoms with Gasteiger partial charge in [-0.3, -0.25) is 15.2 Å². The summed E-state index contributed by atoms with van der Waals surface area (Å²) in [6.45, 7) is -0.171. The van der Waals surface area contributed by atoms with Crippen LogP contribution in [-0.2, 0) is 11.2 Å². The summed E-state index contributed by atoms with van der Waals surface area (Å²) >= 11 is 0. The highest BCUT2D eigenvalue weighted by Crippen LogP contribution is 2.34. The van der Waals surface area contributed by atoms with Crippen LogP contribution >= 0.6 is 0 Å². The number of nitrogens with one attached hydrogen (secondary N) is 2. The summed E-state index contributed by atoms with van der Waals surface area (Å²) in [5.41, 5.74) is 7.23. The summed E-state index contributed by atoms with van der Waals surface area (Å²) in [6.07, 6.45) is 0.383. The van der Waals surface area contributed by atoms with E-state index in [0.29, 0.717) is 29.3 Å². The van der Waals surface area contributed by atoms with Gasteiger partial charge in [0.2, 0.25) is 0 Å². The van der Waals surface area contributed by atoms with E-state index in [9.17, 15) is 19.5 Å². The number of rotatable bonds is 11. The van der Waals surface area contributed by atoms with Gasteiger partial charge >= 0.3 is 11.7 Å². The quantitative estimate of drug-likeness (QED) is 0.160. The number of carboxylic acids is 1. The molecule has 12 nitrogen and oxygen atoms in total. The highest BCUT2D eigenvalue weighted by Gasteiger charge is 2.24. The standard InChI is InChI=1S/C29H30N6O6/c1-34(2)25(36)16-41-23-13-12-19(15-24(23)40-3)21(14-17-8-10-18(11-9-17)26(30)31)27-32-29(39)35(33-27)22-7-5-4-6-20(22)28(37)38/h4-13,15,21H,14,16H2,1-3H3,(H3,30,31)(H,37,38)(H,32,33,39). The van der Waals surface area contributed by atoms with Gasteiger partial charge in [-0.1, -0.05) is 42.5 Å². The topological polar surface area (TPSA) is 177 Å². The molecule has 1 atom stereocenters. The van der Waals surface area contributed by atoms with E-state index in [2.05, 4.69) is 10.1 Å². The van der Waals surface area contributed by atoms with Crippen molar-refractivity contribution >= 4 is 17.7 Å². The Morgan fingerprint density at radius 2 is 1.80 bits per heavy atom. The van der Waals surface area contributed by atoms with Crippen LogP contribution in [0.3, 0.4) is 0 Å². The molecule has 1 aromatic heterocycles. The number of hydrogen-bond acceptors (Lipinski definition) is 7. The average Bonchev–Trinajstić information content (AvgIpc) is 3.35. The molecule has 0 aliphatic heterocycles. The van der Waals surface area contributed by atoms with E-state index in [1.165, 1.54) is 24.1 Å². The number of amides is 1.